The van der Waals surface area contributed by atoms with E-state index in [1.807, 2.05) is 0 Å². The SMILES string of the molecule is COc1c(C)ccc(NCC(C)C)c1C. The maximum absolute atomic E-state index is 5.38. The zero-order valence-corrected chi connectivity index (χ0v) is 10.3. The number of aryl methyl sites for hydroxylation is 1. The van der Waals surface area contributed by atoms with Gasteiger partial charge in [-0.2, -0.15) is 0 Å². The Balaban J connectivity index is 2.90. The second-order valence-corrected chi connectivity index (χ2v) is 4.36. The van der Waals surface area contributed by atoms with Crippen LogP contribution in [0.25, 0.3) is 0 Å². The summed E-state index contributed by atoms with van der Waals surface area (Å²) < 4.78 is 5.38. The van der Waals surface area contributed by atoms with E-state index in [1.54, 1.807) is 7.11 Å². The van der Waals surface area contributed by atoms with Crippen LogP contribution in [0.3, 0.4) is 0 Å². The van der Waals surface area contributed by atoms with Gasteiger partial charge in [0, 0.05) is 17.8 Å². The van der Waals surface area contributed by atoms with Crippen LogP contribution in [-0.4, -0.2) is 13.7 Å². The maximum atomic E-state index is 5.38. The zero-order chi connectivity index (χ0) is 11.4. The number of benzene rings is 1. The molecule has 0 radical (unpaired) electrons. The topological polar surface area (TPSA) is 21.3 Å². The highest BCUT2D eigenvalue weighted by Gasteiger charge is 2.07. The summed E-state index contributed by atoms with van der Waals surface area (Å²) in [5.41, 5.74) is 3.55. The van der Waals surface area contributed by atoms with Gasteiger partial charge in [0.15, 0.2) is 0 Å². The lowest BCUT2D eigenvalue weighted by molar-refractivity contribution is 0.409. The third-order valence-electron chi connectivity index (χ3n) is 2.51. The van der Waals surface area contributed by atoms with E-state index in [-0.39, 0.29) is 0 Å². The zero-order valence-electron chi connectivity index (χ0n) is 10.3. The van der Waals surface area contributed by atoms with E-state index in [1.165, 1.54) is 16.8 Å². The third kappa shape index (κ3) is 2.88. The molecule has 1 aromatic rings. The van der Waals surface area contributed by atoms with Gasteiger partial charge in [0.1, 0.15) is 5.75 Å². The molecule has 0 heterocycles. The molecule has 0 amide bonds. The molecule has 1 N–H and O–H groups in total. The second-order valence-electron chi connectivity index (χ2n) is 4.36. The van der Waals surface area contributed by atoms with Crippen molar-refractivity contribution in [3.63, 3.8) is 0 Å². The predicted molar refractivity (Wildman–Crippen MR) is 65.8 cm³/mol. The third-order valence-corrected chi connectivity index (χ3v) is 2.51. The van der Waals surface area contributed by atoms with Gasteiger partial charge >= 0.3 is 0 Å². The van der Waals surface area contributed by atoms with Crippen LogP contribution in [0.2, 0.25) is 0 Å². The molecule has 0 saturated heterocycles. The molecular weight excluding hydrogens is 186 g/mol. The minimum atomic E-state index is 0.650. The van der Waals surface area contributed by atoms with Crippen molar-refractivity contribution in [3.8, 4) is 5.75 Å². The summed E-state index contributed by atoms with van der Waals surface area (Å²) in [6.45, 7) is 9.56. The molecular formula is C13H21NO. The van der Waals surface area contributed by atoms with E-state index in [0.29, 0.717) is 5.92 Å². The fourth-order valence-electron chi connectivity index (χ4n) is 1.65. The van der Waals surface area contributed by atoms with Crippen molar-refractivity contribution in [3.05, 3.63) is 23.3 Å². The molecule has 0 unspecified atom stereocenters. The molecule has 84 valence electrons. The average molecular weight is 207 g/mol. The first-order chi connectivity index (χ1) is 7.06. The molecule has 0 saturated carbocycles. The second kappa shape index (κ2) is 5.06. The quantitative estimate of drug-likeness (QED) is 0.817. The minimum Gasteiger partial charge on any atom is -0.496 e. The van der Waals surface area contributed by atoms with Crippen molar-refractivity contribution < 1.29 is 4.74 Å². The first-order valence-corrected chi connectivity index (χ1v) is 5.44. The number of nitrogens with one attached hydrogen (secondary N) is 1. The largest absolute Gasteiger partial charge is 0.496 e. The molecule has 0 bridgehead atoms. The summed E-state index contributed by atoms with van der Waals surface area (Å²) >= 11 is 0. The highest BCUT2D eigenvalue weighted by Crippen LogP contribution is 2.29. The van der Waals surface area contributed by atoms with Crippen LogP contribution in [0.15, 0.2) is 12.1 Å². The summed E-state index contributed by atoms with van der Waals surface area (Å²) in [5, 5.41) is 3.43. The first-order valence-electron chi connectivity index (χ1n) is 5.44. The molecule has 2 nitrogen and oxygen atoms in total. The van der Waals surface area contributed by atoms with E-state index in [0.717, 1.165) is 12.3 Å². The lowest BCUT2D eigenvalue weighted by Gasteiger charge is -2.15. The number of ether oxygens (including phenoxy) is 1. The molecule has 15 heavy (non-hydrogen) atoms. The van der Waals surface area contributed by atoms with Gasteiger partial charge in [0.2, 0.25) is 0 Å². The van der Waals surface area contributed by atoms with E-state index in [2.05, 4.69) is 45.1 Å². The molecule has 0 atom stereocenters. The molecule has 0 aliphatic carbocycles. The van der Waals surface area contributed by atoms with Crippen LogP contribution >= 0.6 is 0 Å². The lowest BCUT2D eigenvalue weighted by Crippen LogP contribution is -2.09. The van der Waals surface area contributed by atoms with Gasteiger partial charge in [0.25, 0.3) is 0 Å². The van der Waals surface area contributed by atoms with Gasteiger partial charge in [0.05, 0.1) is 7.11 Å². The Hall–Kier alpha value is -1.18. The standard InChI is InChI=1S/C13H21NO/c1-9(2)8-14-12-7-6-10(3)13(15-5)11(12)4/h6-7,9,14H,8H2,1-5H3. The summed E-state index contributed by atoms with van der Waals surface area (Å²) in [6, 6.07) is 4.21. The minimum absolute atomic E-state index is 0.650. The Kier molecular flexibility index (Phi) is 4.01. The van der Waals surface area contributed by atoms with Crippen LogP contribution in [0, 0.1) is 19.8 Å². The Bertz CT molecular complexity index is 332. The van der Waals surface area contributed by atoms with Crippen molar-refractivity contribution in [2.75, 3.05) is 19.0 Å². The monoisotopic (exact) mass is 207 g/mol. The molecule has 0 aliphatic heterocycles. The van der Waals surface area contributed by atoms with Gasteiger partial charge in [-0.1, -0.05) is 19.9 Å². The first kappa shape index (κ1) is 11.9. The smallest absolute Gasteiger partial charge is 0.126 e. The van der Waals surface area contributed by atoms with Crippen LogP contribution in [-0.2, 0) is 0 Å². The van der Waals surface area contributed by atoms with Crippen LogP contribution in [0.4, 0.5) is 5.69 Å². The van der Waals surface area contributed by atoms with Gasteiger partial charge in [-0.3, -0.25) is 0 Å². The molecule has 0 spiro atoms. The van der Waals surface area contributed by atoms with Crippen LogP contribution in [0.1, 0.15) is 25.0 Å². The van der Waals surface area contributed by atoms with Gasteiger partial charge in [-0.15, -0.1) is 0 Å². The summed E-state index contributed by atoms with van der Waals surface area (Å²) in [5.74, 6) is 1.64. The van der Waals surface area contributed by atoms with Crippen molar-refractivity contribution in [2.45, 2.75) is 27.7 Å². The molecule has 2 heteroatoms. The Morgan fingerprint density at radius 3 is 2.47 bits per heavy atom. The number of rotatable bonds is 4. The summed E-state index contributed by atoms with van der Waals surface area (Å²) in [7, 11) is 1.72. The van der Waals surface area contributed by atoms with E-state index in [9.17, 15) is 0 Å². The Labute approximate surface area is 92.6 Å². The summed E-state index contributed by atoms with van der Waals surface area (Å²) in [6.07, 6.45) is 0. The number of anilines is 1. The van der Waals surface area contributed by atoms with Gasteiger partial charge in [-0.25, -0.2) is 0 Å². The normalized spacial score (nSPS) is 10.5. The molecule has 1 rings (SSSR count). The van der Waals surface area contributed by atoms with Crippen molar-refractivity contribution in [1.29, 1.82) is 0 Å². The fraction of sp³-hybridized carbons (Fsp3) is 0.538. The van der Waals surface area contributed by atoms with Crippen molar-refractivity contribution in [1.82, 2.24) is 0 Å². The fourth-order valence-corrected chi connectivity index (χ4v) is 1.65. The molecule has 0 fully saturated rings. The van der Waals surface area contributed by atoms with Crippen molar-refractivity contribution >= 4 is 5.69 Å². The average Bonchev–Trinajstić information content (AvgIpc) is 2.17. The predicted octanol–water partition coefficient (Wildman–Crippen LogP) is 3.38. The molecule has 1 aromatic carbocycles. The highest BCUT2D eigenvalue weighted by molar-refractivity contribution is 5.59. The number of hydrogen-bond donors (Lipinski definition) is 1. The summed E-state index contributed by atoms with van der Waals surface area (Å²) in [4.78, 5) is 0. The lowest BCUT2D eigenvalue weighted by atomic mass is 10.1. The van der Waals surface area contributed by atoms with E-state index < -0.39 is 0 Å². The van der Waals surface area contributed by atoms with Gasteiger partial charge in [-0.05, 0) is 31.4 Å². The van der Waals surface area contributed by atoms with E-state index >= 15 is 0 Å². The number of methoxy groups -OCH3 is 1. The highest BCUT2D eigenvalue weighted by atomic mass is 16.5. The van der Waals surface area contributed by atoms with Crippen LogP contribution in [0.5, 0.6) is 5.75 Å². The van der Waals surface area contributed by atoms with Crippen molar-refractivity contribution in [2.24, 2.45) is 5.92 Å². The molecule has 0 aromatic heterocycles. The maximum Gasteiger partial charge on any atom is 0.126 e. The number of hydrogen-bond acceptors (Lipinski definition) is 2. The van der Waals surface area contributed by atoms with E-state index in [4.69, 9.17) is 4.74 Å². The Morgan fingerprint density at radius 2 is 1.93 bits per heavy atom. The Morgan fingerprint density at radius 1 is 1.27 bits per heavy atom. The van der Waals surface area contributed by atoms with Crippen LogP contribution < -0.4 is 10.1 Å². The molecule has 0 aliphatic rings. The van der Waals surface area contributed by atoms with Gasteiger partial charge < -0.3 is 10.1 Å².